The number of rotatable bonds is 6. The van der Waals surface area contributed by atoms with Crippen molar-refractivity contribution in [3.8, 4) is 0 Å². The number of halogens is 2. The highest BCUT2D eigenvalue weighted by atomic mass is 35.5. The highest BCUT2D eigenvalue weighted by molar-refractivity contribution is 6.31. The summed E-state index contributed by atoms with van der Waals surface area (Å²) in [5.74, 6) is 0.103. The summed E-state index contributed by atoms with van der Waals surface area (Å²) in [5, 5.41) is 13.0. The van der Waals surface area contributed by atoms with Crippen molar-refractivity contribution >= 4 is 11.6 Å². The number of hydrogen-bond acceptors (Lipinski definition) is 2. The van der Waals surface area contributed by atoms with Crippen LogP contribution in [0.2, 0.25) is 5.02 Å². The fourth-order valence-electron chi connectivity index (χ4n) is 1.57. The predicted molar refractivity (Wildman–Crippen MR) is 68.8 cm³/mol. The summed E-state index contributed by atoms with van der Waals surface area (Å²) in [7, 11) is 0. The van der Waals surface area contributed by atoms with Crippen LogP contribution in [-0.4, -0.2) is 24.3 Å². The summed E-state index contributed by atoms with van der Waals surface area (Å²) in [6, 6.07) is 4.65. The molecular formula is C13H19ClFNO. The zero-order valence-corrected chi connectivity index (χ0v) is 11.0. The molecule has 0 aromatic heterocycles. The Kier molecular flexibility index (Phi) is 5.89. The van der Waals surface area contributed by atoms with Crippen molar-refractivity contribution in [2.75, 3.05) is 13.1 Å². The summed E-state index contributed by atoms with van der Waals surface area (Å²) < 4.78 is 13.2. The molecule has 0 fully saturated rings. The zero-order chi connectivity index (χ0) is 12.8. The van der Waals surface area contributed by atoms with Crippen molar-refractivity contribution in [1.29, 1.82) is 0 Å². The van der Waals surface area contributed by atoms with E-state index >= 15 is 0 Å². The van der Waals surface area contributed by atoms with Crippen LogP contribution in [0.15, 0.2) is 18.2 Å². The summed E-state index contributed by atoms with van der Waals surface area (Å²) in [6.07, 6.45) is -0.185. The van der Waals surface area contributed by atoms with Gasteiger partial charge in [-0.3, -0.25) is 0 Å². The van der Waals surface area contributed by atoms with Crippen molar-refractivity contribution in [3.05, 3.63) is 34.6 Å². The van der Waals surface area contributed by atoms with E-state index in [2.05, 4.69) is 19.2 Å². The second-order valence-electron chi connectivity index (χ2n) is 4.62. The molecule has 0 heterocycles. The van der Waals surface area contributed by atoms with Gasteiger partial charge >= 0.3 is 0 Å². The number of nitrogens with one attached hydrogen (secondary N) is 1. The summed E-state index contributed by atoms with van der Waals surface area (Å²) in [6.45, 7) is 5.55. The Labute approximate surface area is 107 Å². The van der Waals surface area contributed by atoms with Gasteiger partial charge in [0.2, 0.25) is 0 Å². The quantitative estimate of drug-likeness (QED) is 0.823. The second kappa shape index (κ2) is 6.94. The maximum Gasteiger partial charge on any atom is 0.142 e. The fraction of sp³-hybridized carbons (Fsp3) is 0.538. The molecule has 1 aromatic rings. The van der Waals surface area contributed by atoms with E-state index in [4.69, 9.17) is 11.6 Å². The van der Waals surface area contributed by atoms with Crippen LogP contribution in [0.4, 0.5) is 4.39 Å². The van der Waals surface area contributed by atoms with Gasteiger partial charge in [-0.2, -0.15) is 0 Å². The smallest absolute Gasteiger partial charge is 0.142 e. The van der Waals surface area contributed by atoms with Gasteiger partial charge in [0.1, 0.15) is 5.82 Å². The van der Waals surface area contributed by atoms with Crippen molar-refractivity contribution in [1.82, 2.24) is 5.32 Å². The Morgan fingerprint density at radius 3 is 2.71 bits per heavy atom. The van der Waals surface area contributed by atoms with E-state index in [1.807, 2.05) is 0 Å². The Hall–Kier alpha value is -0.640. The lowest BCUT2D eigenvalue weighted by Crippen LogP contribution is -2.31. The van der Waals surface area contributed by atoms with Crippen LogP contribution in [0.3, 0.4) is 0 Å². The van der Waals surface area contributed by atoms with E-state index in [-0.39, 0.29) is 5.02 Å². The molecule has 1 unspecified atom stereocenters. The largest absolute Gasteiger partial charge is 0.391 e. The van der Waals surface area contributed by atoms with Crippen LogP contribution in [0, 0.1) is 11.7 Å². The maximum absolute atomic E-state index is 13.2. The second-order valence-corrected chi connectivity index (χ2v) is 5.00. The molecule has 0 amide bonds. The van der Waals surface area contributed by atoms with Gasteiger partial charge in [-0.15, -0.1) is 0 Å². The monoisotopic (exact) mass is 259 g/mol. The van der Waals surface area contributed by atoms with Crippen LogP contribution in [-0.2, 0) is 6.42 Å². The third kappa shape index (κ3) is 5.02. The normalized spacial score (nSPS) is 13.1. The Bertz CT molecular complexity index is 357. The molecule has 2 nitrogen and oxygen atoms in total. The molecule has 0 aliphatic carbocycles. The zero-order valence-electron chi connectivity index (χ0n) is 10.2. The molecule has 0 bridgehead atoms. The minimum absolute atomic E-state index is 0.107. The minimum atomic E-state index is -0.548. The van der Waals surface area contributed by atoms with Gasteiger partial charge in [0.05, 0.1) is 11.1 Å². The Morgan fingerprint density at radius 1 is 1.35 bits per heavy atom. The molecule has 1 aromatic carbocycles. The molecule has 0 saturated carbocycles. The molecular weight excluding hydrogens is 241 g/mol. The van der Waals surface area contributed by atoms with Gasteiger partial charge in [-0.05, 0) is 24.1 Å². The molecule has 0 spiro atoms. The lowest BCUT2D eigenvalue weighted by molar-refractivity contribution is 0.170. The van der Waals surface area contributed by atoms with Crippen molar-refractivity contribution in [2.24, 2.45) is 5.92 Å². The molecule has 2 N–H and O–H groups in total. The third-order valence-corrected chi connectivity index (χ3v) is 2.84. The summed E-state index contributed by atoms with van der Waals surface area (Å²) >= 11 is 5.82. The van der Waals surface area contributed by atoms with Gasteiger partial charge in [0.15, 0.2) is 0 Å². The number of hydrogen-bond donors (Lipinski definition) is 2. The fourth-order valence-corrected chi connectivity index (χ4v) is 1.77. The first-order valence-corrected chi connectivity index (χ1v) is 6.20. The lowest BCUT2D eigenvalue weighted by atomic mass is 10.1. The van der Waals surface area contributed by atoms with Crippen molar-refractivity contribution in [2.45, 2.75) is 26.4 Å². The predicted octanol–water partition coefficient (Wildman–Crippen LogP) is 2.63. The van der Waals surface area contributed by atoms with E-state index in [0.717, 1.165) is 6.54 Å². The molecule has 0 radical (unpaired) electrons. The van der Waals surface area contributed by atoms with E-state index in [1.165, 1.54) is 6.07 Å². The Morgan fingerprint density at radius 2 is 2.06 bits per heavy atom. The minimum Gasteiger partial charge on any atom is -0.391 e. The van der Waals surface area contributed by atoms with Gasteiger partial charge in [0.25, 0.3) is 0 Å². The summed E-state index contributed by atoms with van der Waals surface area (Å²) in [5.41, 5.74) is 0.644. The molecule has 0 aliphatic heterocycles. The van der Waals surface area contributed by atoms with Crippen LogP contribution in [0.25, 0.3) is 0 Å². The first kappa shape index (κ1) is 14.4. The lowest BCUT2D eigenvalue weighted by Gasteiger charge is -2.14. The first-order valence-electron chi connectivity index (χ1n) is 5.82. The molecule has 17 heavy (non-hydrogen) atoms. The summed E-state index contributed by atoms with van der Waals surface area (Å²) in [4.78, 5) is 0. The number of benzene rings is 1. The molecule has 1 atom stereocenters. The van der Waals surface area contributed by atoms with Gasteiger partial charge < -0.3 is 10.4 Å². The van der Waals surface area contributed by atoms with E-state index in [0.29, 0.717) is 24.4 Å². The van der Waals surface area contributed by atoms with Crippen LogP contribution >= 0.6 is 11.6 Å². The van der Waals surface area contributed by atoms with Crippen LogP contribution in [0.1, 0.15) is 19.4 Å². The van der Waals surface area contributed by atoms with Gasteiger partial charge in [-0.1, -0.05) is 37.6 Å². The molecule has 0 saturated heterocycles. The maximum atomic E-state index is 13.2. The average Bonchev–Trinajstić information content (AvgIpc) is 2.24. The van der Waals surface area contributed by atoms with Gasteiger partial charge in [0, 0.05) is 13.0 Å². The van der Waals surface area contributed by atoms with Crippen LogP contribution in [0.5, 0.6) is 0 Å². The molecule has 96 valence electrons. The third-order valence-electron chi connectivity index (χ3n) is 2.42. The highest BCUT2D eigenvalue weighted by Gasteiger charge is 2.10. The van der Waals surface area contributed by atoms with Crippen molar-refractivity contribution in [3.63, 3.8) is 0 Å². The first-order chi connectivity index (χ1) is 8.00. The topological polar surface area (TPSA) is 32.3 Å². The molecule has 1 rings (SSSR count). The number of aliphatic hydroxyl groups is 1. The van der Waals surface area contributed by atoms with E-state index < -0.39 is 11.9 Å². The van der Waals surface area contributed by atoms with Gasteiger partial charge in [-0.25, -0.2) is 4.39 Å². The SMILES string of the molecule is CC(C)CNCC(O)Cc1cccc(F)c1Cl. The average molecular weight is 260 g/mol. The number of aliphatic hydroxyl groups excluding tert-OH is 1. The standard InChI is InChI=1S/C13H19ClFNO/c1-9(2)7-16-8-11(17)6-10-4-3-5-12(15)13(10)14/h3-5,9,11,16-17H,6-8H2,1-2H3. The van der Waals surface area contributed by atoms with Crippen molar-refractivity contribution < 1.29 is 9.50 Å². The highest BCUT2D eigenvalue weighted by Crippen LogP contribution is 2.20. The Balaban J connectivity index is 2.45. The van der Waals surface area contributed by atoms with E-state index in [9.17, 15) is 9.50 Å². The van der Waals surface area contributed by atoms with E-state index in [1.54, 1.807) is 12.1 Å². The molecule has 0 aliphatic rings. The van der Waals surface area contributed by atoms with Crippen LogP contribution < -0.4 is 5.32 Å². The molecule has 4 heteroatoms.